The SMILES string of the molecule is C=C(C)C1CC[C@@H](C)C(=O)CCC(C)CC(=O)C[C@@H](C)C(=O)C1. The molecule has 3 nitrogen and oxygen atoms in total. The van der Waals surface area contributed by atoms with E-state index in [1.165, 1.54) is 0 Å². The zero-order valence-corrected chi connectivity index (χ0v) is 15.2. The van der Waals surface area contributed by atoms with E-state index in [-0.39, 0.29) is 41.0 Å². The lowest BCUT2D eigenvalue weighted by atomic mass is 9.82. The molecule has 3 heteroatoms. The molecule has 1 aliphatic carbocycles. The van der Waals surface area contributed by atoms with E-state index in [2.05, 4.69) is 6.58 Å². The topological polar surface area (TPSA) is 51.2 Å². The average Bonchev–Trinajstić information content (AvgIpc) is 2.46. The number of Topliss-reactive ketones (excluding diaryl/α,β-unsaturated/α-hetero) is 3. The number of hydrogen-bond acceptors (Lipinski definition) is 3. The van der Waals surface area contributed by atoms with Crippen molar-refractivity contribution in [3.05, 3.63) is 12.2 Å². The standard InChI is InChI=1S/C20H32O3/c1-13(2)17-8-7-15(4)19(22)9-6-14(3)10-18(21)11-16(5)20(23)12-17/h14-17H,1,6-12H2,2-5H3/t14?,15-,16-,17?/m1/s1. The third kappa shape index (κ3) is 6.80. The van der Waals surface area contributed by atoms with Crippen LogP contribution in [0.15, 0.2) is 12.2 Å². The molecule has 0 amide bonds. The molecule has 0 aromatic carbocycles. The molecule has 0 aromatic heterocycles. The summed E-state index contributed by atoms with van der Waals surface area (Å²) < 4.78 is 0. The van der Waals surface area contributed by atoms with Gasteiger partial charge in [-0.2, -0.15) is 0 Å². The second kappa shape index (κ2) is 9.14. The lowest BCUT2D eigenvalue weighted by molar-refractivity contribution is -0.128. The second-order valence-electron chi connectivity index (χ2n) is 7.65. The first-order valence-corrected chi connectivity index (χ1v) is 8.93. The molecule has 23 heavy (non-hydrogen) atoms. The summed E-state index contributed by atoms with van der Waals surface area (Å²) in [5, 5.41) is 0. The van der Waals surface area contributed by atoms with Gasteiger partial charge in [0.1, 0.15) is 17.3 Å². The molecule has 0 aromatic rings. The summed E-state index contributed by atoms with van der Waals surface area (Å²) in [7, 11) is 0. The van der Waals surface area contributed by atoms with Crippen molar-refractivity contribution >= 4 is 17.3 Å². The van der Waals surface area contributed by atoms with Gasteiger partial charge in [-0.1, -0.05) is 32.9 Å². The van der Waals surface area contributed by atoms with Crippen molar-refractivity contribution in [2.75, 3.05) is 0 Å². The minimum absolute atomic E-state index is 0.0233. The van der Waals surface area contributed by atoms with Crippen molar-refractivity contribution in [3.63, 3.8) is 0 Å². The summed E-state index contributed by atoms with van der Waals surface area (Å²) in [6, 6.07) is 0. The molecule has 0 spiro atoms. The molecule has 2 unspecified atom stereocenters. The zero-order chi connectivity index (χ0) is 17.6. The molecule has 1 saturated carbocycles. The van der Waals surface area contributed by atoms with Crippen LogP contribution in [-0.4, -0.2) is 17.3 Å². The van der Waals surface area contributed by atoms with Gasteiger partial charge in [-0.3, -0.25) is 14.4 Å². The molecule has 130 valence electrons. The van der Waals surface area contributed by atoms with Crippen LogP contribution in [0.1, 0.15) is 72.6 Å². The van der Waals surface area contributed by atoms with Gasteiger partial charge in [0.25, 0.3) is 0 Å². The predicted molar refractivity (Wildman–Crippen MR) is 93.1 cm³/mol. The number of allylic oxidation sites excluding steroid dienone is 1. The van der Waals surface area contributed by atoms with Crippen LogP contribution in [-0.2, 0) is 14.4 Å². The Morgan fingerprint density at radius 2 is 1.52 bits per heavy atom. The lowest BCUT2D eigenvalue weighted by Gasteiger charge is -2.21. The molecule has 0 N–H and O–H groups in total. The summed E-state index contributed by atoms with van der Waals surface area (Å²) in [5.74, 6) is 0.720. The smallest absolute Gasteiger partial charge is 0.136 e. The molecule has 0 bridgehead atoms. The fraction of sp³-hybridized carbons (Fsp3) is 0.750. The van der Waals surface area contributed by atoms with Gasteiger partial charge in [0.15, 0.2) is 0 Å². The number of carbonyl (C=O) groups excluding carboxylic acids is 3. The van der Waals surface area contributed by atoms with Crippen LogP contribution < -0.4 is 0 Å². The van der Waals surface area contributed by atoms with E-state index in [0.29, 0.717) is 25.7 Å². The van der Waals surface area contributed by atoms with Gasteiger partial charge in [-0.05, 0) is 38.0 Å². The van der Waals surface area contributed by atoms with Crippen molar-refractivity contribution in [1.82, 2.24) is 0 Å². The largest absolute Gasteiger partial charge is 0.300 e. The van der Waals surface area contributed by atoms with Crippen molar-refractivity contribution in [1.29, 1.82) is 0 Å². The van der Waals surface area contributed by atoms with E-state index in [4.69, 9.17) is 0 Å². The molecule has 0 aliphatic heterocycles. The maximum Gasteiger partial charge on any atom is 0.136 e. The Labute approximate surface area is 140 Å². The molecule has 1 fully saturated rings. The average molecular weight is 320 g/mol. The second-order valence-corrected chi connectivity index (χ2v) is 7.65. The van der Waals surface area contributed by atoms with Crippen molar-refractivity contribution in [3.8, 4) is 0 Å². The first kappa shape index (κ1) is 19.8. The number of carbonyl (C=O) groups is 3. The fourth-order valence-corrected chi connectivity index (χ4v) is 3.24. The van der Waals surface area contributed by atoms with Crippen molar-refractivity contribution < 1.29 is 14.4 Å². The Morgan fingerprint density at radius 3 is 2.13 bits per heavy atom. The molecule has 1 aliphatic rings. The predicted octanol–water partition coefficient (Wildman–Crippen LogP) is 4.54. The van der Waals surface area contributed by atoms with Crippen LogP contribution in [0.3, 0.4) is 0 Å². The highest BCUT2D eigenvalue weighted by molar-refractivity contribution is 5.88. The van der Waals surface area contributed by atoms with Gasteiger partial charge in [0.2, 0.25) is 0 Å². The van der Waals surface area contributed by atoms with Crippen LogP contribution in [0.4, 0.5) is 0 Å². The van der Waals surface area contributed by atoms with E-state index in [0.717, 1.165) is 24.8 Å². The van der Waals surface area contributed by atoms with Gasteiger partial charge >= 0.3 is 0 Å². The van der Waals surface area contributed by atoms with Gasteiger partial charge in [-0.25, -0.2) is 0 Å². The summed E-state index contributed by atoms with van der Waals surface area (Å²) in [6.07, 6.45) is 4.21. The minimum Gasteiger partial charge on any atom is -0.300 e. The normalized spacial score (nSPS) is 32.4. The van der Waals surface area contributed by atoms with Crippen LogP contribution in [0.25, 0.3) is 0 Å². The van der Waals surface area contributed by atoms with E-state index < -0.39 is 0 Å². The highest BCUT2D eigenvalue weighted by Gasteiger charge is 2.24. The Balaban J connectivity index is 2.86. The first-order valence-electron chi connectivity index (χ1n) is 8.93. The van der Waals surface area contributed by atoms with Gasteiger partial charge in [-0.15, -0.1) is 0 Å². The third-order valence-corrected chi connectivity index (χ3v) is 5.19. The molecular weight excluding hydrogens is 288 g/mol. The van der Waals surface area contributed by atoms with Crippen LogP contribution in [0.2, 0.25) is 0 Å². The van der Waals surface area contributed by atoms with Gasteiger partial charge in [0, 0.05) is 37.5 Å². The van der Waals surface area contributed by atoms with Gasteiger partial charge < -0.3 is 0 Å². The third-order valence-electron chi connectivity index (χ3n) is 5.19. The Bertz CT molecular complexity index is 464. The Morgan fingerprint density at radius 1 is 0.870 bits per heavy atom. The van der Waals surface area contributed by atoms with E-state index >= 15 is 0 Å². The highest BCUT2D eigenvalue weighted by Crippen LogP contribution is 2.27. The van der Waals surface area contributed by atoms with Crippen molar-refractivity contribution in [2.45, 2.75) is 72.6 Å². The highest BCUT2D eigenvalue weighted by atomic mass is 16.1. The molecule has 0 saturated heterocycles. The molecule has 4 atom stereocenters. The van der Waals surface area contributed by atoms with E-state index in [1.807, 2.05) is 27.7 Å². The molecule has 0 radical (unpaired) electrons. The molecular formula is C20H32O3. The summed E-state index contributed by atoms with van der Waals surface area (Å²) >= 11 is 0. The number of ketones is 3. The minimum atomic E-state index is -0.210. The first-order chi connectivity index (χ1) is 10.7. The van der Waals surface area contributed by atoms with E-state index in [1.54, 1.807) is 0 Å². The number of rotatable bonds is 1. The maximum absolute atomic E-state index is 12.4. The quantitative estimate of drug-likeness (QED) is 0.667. The van der Waals surface area contributed by atoms with Crippen molar-refractivity contribution in [2.24, 2.45) is 23.7 Å². The Kier molecular flexibility index (Phi) is 7.87. The summed E-state index contributed by atoms with van der Waals surface area (Å²) in [4.78, 5) is 36.8. The van der Waals surface area contributed by atoms with Crippen LogP contribution in [0, 0.1) is 23.7 Å². The lowest BCUT2D eigenvalue weighted by Crippen LogP contribution is -2.22. The fourth-order valence-electron chi connectivity index (χ4n) is 3.24. The number of hydrogen-bond donors (Lipinski definition) is 0. The molecule has 0 heterocycles. The summed E-state index contributed by atoms with van der Waals surface area (Å²) in [5.41, 5.74) is 0.997. The van der Waals surface area contributed by atoms with E-state index in [9.17, 15) is 14.4 Å². The summed E-state index contributed by atoms with van der Waals surface area (Å²) in [6.45, 7) is 11.8. The monoisotopic (exact) mass is 320 g/mol. The maximum atomic E-state index is 12.4. The zero-order valence-electron chi connectivity index (χ0n) is 15.2. The Hall–Kier alpha value is -1.25. The van der Waals surface area contributed by atoms with Crippen LogP contribution >= 0.6 is 0 Å². The van der Waals surface area contributed by atoms with Crippen LogP contribution in [0.5, 0.6) is 0 Å². The van der Waals surface area contributed by atoms with Gasteiger partial charge in [0.05, 0.1) is 0 Å². The molecule has 1 rings (SSSR count).